The van der Waals surface area contributed by atoms with Crippen molar-refractivity contribution in [3.63, 3.8) is 0 Å². The van der Waals surface area contributed by atoms with Crippen molar-refractivity contribution in [2.24, 2.45) is 0 Å². The molecule has 2 amide bonds. The molecule has 6 rings (SSSR count). The van der Waals surface area contributed by atoms with Crippen LogP contribution in [0.3, 0.4) is 0 Å². The lowest BCUT2D eigenvalue weighted by Gasteiger charge is -2.35. The van der Waals surface area contributed by atoms with Crippen LogP contribution in [0.5, 0.6) is 5.75 Å². The number of alkyl halides is 3. The number of anilines is 4. The van der Waals surface area contributed by atoms with Crippen molar-refractivity contribution < 1.29 is 27.5 Å². The van der Waals surface area contributed by atoms with E-state index < -0.39 is 17.2 Å². The van der Waals surface area contributed by atoms with Crippen LogP contribution in [-0.2, 0) is 34.0 Å². The average molecular weight is 595 g/mol. The molecule has 43 heavy (non-hydrogen) atoms. The molecule has 4 heterocycles. The van der Waals surface area contributed by atoms with E-state index in [1.807, 2.05) is 23.1 Å². The molecule has 2 saturated heterocycles. The maximum absolute atomic E-state index is 14.0. The van der Waals surface area contributed by atoms with E-state index in [0.717, 1.165) is 36.0 Å². The number of aromatic nitrogens is 2. The van der Waals surface area contributed by atoms with Crippen LogP contribution < -0.4 is 20.3 Å². The molecule has 3 aliphatic rings. The Kier molecular flexibility index (Phi) is 6.97. The van der Waals surface area contributed by atoms with Crippen molar-refractivity contribution in [2.45, 2.75) is 63.7 Å². The average Bonchev–Trinajstić information content (AvgIpc) is 3.63. The summed E-state index contributed by atoms with van der Waals surface area (Å²) >= 11 is 0. The van der Waals surface area contributed by atoms with Crippen LogP contribution in [0.25, 0.3) is 0 Å². The Morgan fingerprint density at radius 3 is 2.63 bits per heavy atom. The molecule has 1 aromatic heterocycles. The van der Waals surface area contributed by atoms with Crippen molar-refractivity contribution in [1.82, 2.24) is 14.9 Å². The first-order valence-corrected chi connectivity index (χ1v) is 14.2. The molecule has 0 saturated carbocycles. The number of halogens is 3. The van der Waals surface area contributed by atoms with Gasteiger partial charge in [0.2, 0.25) is 17.8 Å². The number of fused-ring (bicyclic) bond motifs is 3. The molecule has 0 aliphatic carbocycles. The number of amides is 2. The van der Waals surface area contributed by atoms with Gasteiger partial charge in [0.05, 0.1) is 35.5 Å². The lowest BCUT2D eigenvalue weighted by atomic mass is 9.82. The van der Waals surface area contributed by atoms with E-state index in [9.17, 15) is 22.8 Å². The summed E-state index contributed by atoms with van der Waals surface area (Å²) in [5, 5.41) is 5.89. The minimum atomic E-state index is -4.63. The van der Waals surface area contributed by atoms with Crippen molar-refractivity contribution in [3.8, 4) is 5.75 Å². The predicted octanol–water partition coefficient (Wildman–Crippen LogP) is 5.07. The molecule has 0 spiro atoms. The first kappa shape index (κ1) is 28.8. The van der Waals surface area contributed by atoms with Crippen LogP contribution in [0, 0.1) is 0 Å². The van der Waals surface area contributed by atoms with E-state index in [0.29, 0.717) is 23.7 Å². The van der Waals surface area contributed by atoms with E-state index in [4.69, 9.17) is 4.74 Å². The molecule has 2 atom stereocenters. The number of likely N-dealkylation sites (tertiary alicyclic amines) is 1. The molecule has 2 fully saturated rings. The maximum atomic E-state index is 14.0. The number of rotatable bonds is 7. The van der Waals surface area contributed by atoms with Gasteiger partial charge in [-0.3, -0.25) is 9.59 Å². The van der Waals surface area contributed by atoms with Gasteiger partial charge in [-0.05, 0) is 62.4 Å². The van der Waals surface area contributed by atoms with Crippen LogP contribution in [0.2, 0.25) is 0 Å². The molecule has 3 aromatic rings. The van der Waals surface area contributed by atoms with Gasteiger partial charge in [-0.2, -0.15) is 13.2 Å². The van der Waals surface area contributed by atoms with Gasteiger partial charge in [0.25, 0.3) is 0 Å². The van der Waals surface area contributed by atoms with Crippen molar-refractivity contribution in [3.05, 3.63) is 65.0 Å². The minimum absolute atomic E-state index is 0.00235. The Bertz CT molecular complexity index is 1610. The molecule has 226 valence electrons. The molecule has 12 heteroatoms. The molecule has 9 nitrogen and oxygen atoms in total. The monoisotopic (exact) mass is 594 g/mol. The second-order valence-electron chi connectivity index (χ2n) is 11.8. The van der Waals surface area contributed by atoms with Gasteiger partial charge in [0.1, 0.15) is 5.75 Å². The molecule has 2 aromatic carbocycles. The Morgan fingerprint density at radius 2 is 1.95 bits per heavy atom. The van der Waals surface area contributed by atoms with Gasteiger partial charge in [-0.25, -0.2) is 9.97 Å². The number of methoxy groups -OCH3 is 1. The first-order valence-electron chi connectivity index (χ1n) is 14.2. The largest absolute Gasteiger partial charge is 0.494 e. The zero-order valence-corrected chi connectivity index (χ0v) is 24.4. The van der Waals surface area contributed by atoms with Gasteiger partial charge in [0, 0.05) is 49.7 Å². The zero-order chi connectivity index (χ0) is 30.7. The van der Waals surface area contributed by atoms with Crippen LogP contribution in [0.1, 0.15) is 49.6 Å². The lowest BCUT2D eigenvalue weighted by Crippen LogP contribution is -2.48. The number of carbonyl (C=O) groups is 2. The van der Waals surface area contributed by atoms with E-state index in [1.54, 1.807) is 39.0 Å². The molecular weight excluding hydrogens is 561 g/mol. The van der Waals surface area contributed by atoms with E-state index in [-0.39, 0.29) is 48.4 Å². The summed E-state index contributed by atoms with van der Waals surface area (Å²) in [7, 11) is 1.52. The minimum Gasteiger partial charge on any atom is -0.494 e. The van der Waals surface area contributed by atoms with Crippen LogP contribution in [-0.4, -0.2) is 59.0 Å². The molecule has 0 radical (unpaired) electrons. The summed E-state index contributed by atoms with van der Waals surface area (Å²) in [5.41, 5.74) is 1.90. The molecule has 3 aliphatic heterocycles. The van der Waals surface area contributed by atoms with E-state index in [1.165, 1.54) is 7.11 Å². The van der Waals surface area contributed by atoms with Gasteiger partial charge in [-0.15, -0.1) is 0 Å². The maximum Gasteiger partial charge on any atom is 0.419 e. The number of aryl methyl sites for hydroxylation is 2. The standard InChI is InChI=1S/C31H33F3N6O3/c1-17(41)39-15-21-12-20(39)16-40(21)19-9-11-24(26(13-19)43-4)38-29-35-14-22(31(32,33)34)23(37-29)10-8-18-6-5-7-25-27(18)30(2,3)28(42)36-25/h5-7,9,11,13-14,20-21H,8,10,12,15-16H2,1-4H3,(H,36,42)(H,35,37,38). The number of ether oxygens (including phenoxy) is 1. The van der Waals surface area contributed by atoms with Crippen LogP contribution >= 0.6 is 0 Å². The Hall–Kier alpha value is -4.35. The third kappa shape index (κ3) is 5.12. The topological polar surface area (TPSA) is 99.7 Å². The molecule has 2 N–H and O–H groups in total. The molecule has 2 unspecified atom stereocenters. The molecule has 2 bridgehead atoms. The zero-order valence-electron chi connectivity index (χ0n) is 24.4. The third-order valence-corrected chi connectivity index (χ3v) is 8.80. The second-order valence-corrected chi connectivity index (χ2v) is 11.8. The predicted molar refractivity (Wildman–Crippen MR) is 156 cm³/mol. The highest BCUT2D eigenvalue weighted by Crippen LogP contribution is 2.41. The van der Waals surface area contributed by atoms with Crippen molar-refractivity contribution >= 4 is 34.8 Å². The van der Waals surface area contributed by atoms with Gasteiger partial charge in [0.15, 0.2) is 0 Å². The number of hydrogen-bond acceptors (Lipinski definition) is 7. The number of nitrogens with one attached hydrogen (secondary N) is 2. The van der Waals surface area contributed by atoms with Gasteiger partial charge in [-0.1, -0.05) is 12.1 Å². The molecular formula is C31H33F3N6O3. The lowest BCUT2D eigenvalue weighted by molar-refractivity contribution is -0.138. The fraction of sp³-hybridized carbons (Fsp3) is 0.419. The number of hydrogen-bond donors (Lipinski definition) is 2. The first-order chi connectivity index (χ1) is 20.4. The number of piperazine rings is 1. The summed E-state index contributed by atoms with van der Waals surface area (Å²) in [5.74, 6) is 0.452. The van der Waals surface area contributed by atoms with E-state index >= 15 is 0 Å². The Morgan fingerprint density at radius 1 is 1.16 bits per heavy atom. The van der Waals surface area contributed by atoms with Gasteiger partial charge >= 0.3 is 6.18 Å². The summed E-state index contributed by atoms with van der Waals surface area (Å²) in [6, 6.07) is 11.4. The Labute approximate surface area is 247 Å². The third-order valence-electron chi connectivity index (χ3n) is 8.80. The quantitative estimate of drug-likeness (QED) is 0.394. The number of nitrogens with zero attached hydrogens (tertiary/aromatic N) is 4. The number of carbonyl (C=O) groups excluding carboxylic acids is 2. The SMILES string of the molecule is COc1cc(N2CC3CC2CN3C(C)=O)ccc1Nc1ncc(C(F)(F)F)c(CCc2cccc3c2C(C)(C)C(=O)N3)n1. The fourth-order valence-corrected chi connectivity index (χ4v) is 6.65. The summed E-state index contributed by atoms with van der Waals surface area (Å²) < 4.78 is 47.5. The highest BCUT2D eigenvalue weighted by atomic mass is 19.4. The normalized spacial score (nSPS) is 20.3. The summed E-state index contributed by atoms with van der Waals surface area (Å²) in [4.78, 5) is 36.8. The van der Waals surface area contributed by atoms with Gasteiger partial charge < -0.3 is 25.2 Å². The summed E-state index contributed by atoms with van der Waals surface area (Å²) in [6.07, 6.45) is -2.65. The van der Waals surface area contributed by atoms with Crippen molar-refractivity contribution in [1.29, 1.82) is 0 Å². The highest BCUT2D eigenvalue weighted by molar-refractivity contribution is 6.06. The Balaban J connectivity index is 1.24. The van der Waals surface area contributed by atoms with E-state index in [2.05, 4.69) is 25.5 Å². The fourth-order valence-electron chi connectivity index (χ4n) is 6.65. The van der Waals surface area contributed by atoms with Crippen LogP contribution in [0.15, 0.2) is 42.6 Å². The van der Waals surface area contributed by atoms with Crippen LogP contribution in [0.4, 0.5) is 36.2 Å². The summed E-state index contributed by atoms with van der Waals surface area (Å²) in [6.45, 7) is 6.62. The second kappa shape index (κ2) is 10.4. The highest BCUT2D eigenvalue weighted by Gasteiger charge is 2.44. The smallest absolute Gasteiger partial charge is 0.419 e. The van der Waals surface area contributed by atoms with Crippen molar-refractivity contribution in [2.75, 3.05) is 35.7 Å². The number of benzene rings is 2.